The van der Waals surface area contributed by atoms with E-state index in [4.69, 9.17) is 13.9 Å². The van der Waals surface area contributed by atoms with Crippen LogP contribution in [0.1, 0.15) is 23.4 Å². The van der Waals surface area contributed by atoms with Crippen molar-refractivity contribution in [3.05, 3.63) is 53.8 Å². The van der Waals surface area contributed by atoms with Gasteiger partial charge in [-0.15, -0.1) is 0 Å². The van der Waals surface area contributed by atoms with Crippen LogP contribution in [0.25, 0.3) is 21.2 Å². The minimum absolute atomic E-state index is 0.106. The predicted molar refractivity (Wildman–Crippen MR) is 112 cm³/mol. The Morgan fingerprint density at radius 1 is 1.23 bits per heavy atom. The molecule has 0 atom stereocenters. The zero-order chi connectivity index (χ0) is 21.5. The zero-order valence-electron chi connectivity index (χ0n) is 16.6. The molecule has 1 aliphatic heterocycles. The van der Waals surface area contributed by atoms with Crippen LogP contribution in [0.5, 0.6) is 10.9 Å². The topological polar surface area (TPSA) is 64.8 Å². The number of nitrogens with zero attached hydrogens (tertiary/aromatic N) is 2. The normalized spacial score (nSPS) is 15.0. The summed E-state index contributed by atoms with van der Waals surface area (Å²) in [6, 6.07) is 9.26. The van der Waals surface area contributed by atoms with Gasteiger partial charge in [0, 0.05) is 37.4 Å². The molecule has 9 heteroatoms. The number of thiazole rings is 1. The summed E-state index contributed by atoms with van der Waals surface area (Å²) in [7, 11) is 1.56. The van der Waals surface area contributed by atoms with Crippen LogP contribution in [0.2, 0.25) is 0 Å². The van der Waals surface area contributed by atoms with Crippen LogP contribution < -0.4 is 9.47 Å². The number of carbonyl (C=O) groups excluding carboxylic acids is 1. The third kappa shape index (κ3) is 3.69. The minimum atomic E-state index is -0.705. The van der Waals surface area contributed by atoms with Gasteiger partial charge in [0.1, 0.15) is 17.4 Å². The molecule has 0 radical (unpaired) electrons. The van der Waals surface area contributed by atoms with Crippen LogP contribution in [0, 0.1) is 11.6 Å². The fraction of sp³-hybridized carbons (Fsp3) is 0.273. The number of para-hydroxylation sites is 1. The molecular weight excluding hydrogens is 426 g/mol. The molecule has 0 aliphatic carbocycles. The van der Waals surface area contributed by atoms with Gasteiger partial charge >= 0.3 is 0 Å². The number of fused-ring (bicyclic) bond motifs is 2. The summed E-state index contributed by atoms with van der Waals surface area (Å²) in [6.45, 7) is 0.983. The second kappa shape index (κ2) is 7.81. The van der Waals surface area contributed by atoms with Gasteiger partial charge < -0.3 is 18.8 Å². The van der Waals surface area contributed by atoms with Crippen molar-refractivity contribution in [1.29, 1.82) is 0 Å². The van der Waals surface area contributed by atoms with Crippen LogP contribution in [-0.4, -0.2) is 42.1 Å². The first-order valence-electron chi connectivity index (χ1n) is 9.80. The number of benzene rings is 2. The summed E-state index contributed by atoms with van der Waals surface area (Å²) in [5.74, 6) is -0.688. The molecule has 31 heavy (non-hydrogen) atoms. The lowest BCUT2D eigenvalue weighted by molar-refractivity contribution is 0.0568. The summed E-state index contributed by atoms with van der Waals surface area (Å²) in [4.78, 5) is 18.7. The molecule has 4 aromatic rings. The Hall–Kier alpha value is -3.20. The summed E-state index contributed by atoms with van der Waals surface area (Å²) < 4.78 is 44.6. The Kier molecular flexibility index (Phi) is 4.97. The van der Waals surface area contributed by atoms with Crippen molar-refractivity contribution in [2.45, 2.75) is 18.9 Å². The van der Waals surface area contributed by atoms with E-state index >= 15 is 0 Å². The Balaban J connectivity index is 1.25. The molecular formula is C22H18F2N2O4S. The average molecular weight is 444 g/mol. The number of aromatic nitrogens is 1. The molecule has 1 saturated heterocycles. The van der Waals surface area contributed by atoms with Crippen molar-refractivity contribution in [3.8, 4) is 10.9 Å². The predicted octanol–water partition coefficient (Wildman–Crippen LogP) is 5.01. The van der Waals surface area contributed by atoms with E-state index in [1.54, 1.807) is 24.1 Å². The van der Waals surface area contributed by atoms with Crippen LogP contribution in [-0.2, 0) is 0 Å². The second-order valence-electron chi connectivity index (χ2n) is 7.31. The van der Waals surface area contributed by atoms with Crippen molar-refractivity contribution in [2.75, 3.05) is 20.2 Å². The van der Waals surface area contributed by atoms with Gasteiger partial charge in [0.2, 0.25) is 0 Å². The fourth-order valence-electron chi connectivity index (χ4n) is 3.76. The fourth-order valence-corrected chi connectivity index (χ4v) is 4.69. The van der Waals surface area contributed by atoms with E-state index in [1.807, 2.05) is 12.1 Å². The molecule has 1 amide bonds. The highest BCUT2D eigenvalue weighted by Gasteiger charge is 2.28. The van der Waals surface area contributed by atoms with Crippen molar-refractivity contribution >= 4 is 38.4 Å². The quantitative estimate of drug-likeness (QED) is 0.443. The van der Waals surface area contributed by atoms with Crippen molar-refractivity contribution in [2.24, 2.45) is 0 Å². The first-order valence-corrected chi connectivity index (χ1v) is 10.6. The van der Waals surface area contributed by atoms with E-state index in [-0.39, 0.29) is 23.3 Å². The summed E-state index contributed by atoms with van der Waals surface area (Å²) >= 11 is 1.11. The number of ether oxygens (including phenoxy) is 2. The number of hydrogen-bond acceptors (Lipinski definition) is 6. The van der Waals surface area contributed by atoms with E-state index < -0.39 is 11.6 Å². The lowest BCUT2D eigenvalue weighted by Crippen LogP contribution is -2.41. The Morgan fingerprint density at radius 3 is 2.81 bits per heavy atom. The van der Waals surface area contributed by atoms with Crippen molar-refractivity contribution in [1.82, 2.24) is 9.88 Å². The smallest absolute Gasteiger partial charge is 0.289 e. The third-order valence-electron chi connectivity index (χ3n) is 5.33. The minimum Gasteiger partial charge on any atom is -0.493 e. The van der Waals surface area contributed by atoms with Crippen molar-refractivity contribution < 1.29 is 27.5 Å². The molecule has 0 saturated carbocycles. The van der Waals surface area contributed by atoms with E-state index in [0.717, 1.165) is 22.8 Å². The molecule has 2 aromatic heterocycles. The van der Waals surface area contributed by atoms with Gasteiger partial charge in [-0.1, -0.05) is 23.5 Å². The highest BCUT2D eigenvalue weighted by molar-refractivity contribution is 7.20. The van der Waals surface area contributed by atoms with E-state index in [2.05, 4.69) is 4.98 Å². The standard InChI is InChI=1S/C22H18F2N2O4S/c1-28-16-4-2-3-12-9-17(30-20(12)16)21(27)26-7-5-14(6-8-26)29-22-25-19-15(24)10-13(23)11-18(19)31-22/h2-4,9-11,14H,5-8H2,1H3. The molecule has 0 spiro atoms. The van der Waals surface area contributed by atoms with Gasteiger partial charge in [-0.3, -0.25) is 4.79 Å². The molecule has 0 N–H and O–H groups in total. The molecule has 3 heterocycles. The Labute approximate surface area is 180 Å². The lowest BCUT2D eigenvalue weighted by Gasteiger charge is -2.31. The maximum atomic E-state index is 13.9. The molecule has 0 unspecified atom stereocenters. The molecule has 0 bridgehead atoms. The van der Waals surface area contributed by atoms with Crippen LogP contribution in [0.15, 0.2) is 40.8 Å². The number of likely N-dealkylation sites (tertiary alicyclic amines) is 1. The van der Waals surface area contributed by atoms with Gasteiger partial charge in [-0.2, -0.15) is 4.98 Å². The molecule has 2 aromatic carbocycles. The Morgan fingerprint density at radius 2 is 2.03 bits per heavy atom. The monoisotopic (exact) mass is 444 g/mol. The maximum Gasteiger partial charge on any atom is 0.289 e. The van der Waals surface area contributed by atoms with Crippen LogP contribution in [0.4, 0.5) is 8.78 Å². The summed E-state index contributed by atoms with van der Waals surface area (Å²) in [5.41, 5.74) is 0.653. The van der Waals surface area contributed by atoms with Gasteiger partial charge in [-0.25, -0.2) is 8.78 Å². The number of carbonyl (C=O) groups is 1. The molecule has 6 nitrogen and oxygen atoms in total. The Bertz CT molecular complexity index is 1280. The summed E-state index contributed by atoms with van der Waals surface area (Å²) in [6.07, 6.45) is 1.04. The molecule has 160 valence electrons. The van der Waals surface area contributed by atoms with Gasteiger partial charge in [0.25, 0.3) is 11.1 Å². The molecule has 1 fully saturated rings. The van der Waals surface area contributed by atoms with Gasteiger partial charge in [0.05, 0.1) is 11.8 Å². The first kappa shape index (κ1) is 19.7. The van der Waals surface area contributed by atoms with E-state index in [0.29, 0.717) is 47.2 Å². The van der Waals surface area contributed by atoms with Crippen molar-refractivity contribution in [3.63, 3.8) is 0 Å². The molecule has 5 rings (SSSR count). The SMILES string of the molecule is COc1cccc2cc(C(=O)N3CCC(Oc4nc5c(F)cc(F)cc5s4)CC3)oc12. The van der Waals surface area contributed by atoms with E-state index in [1.165, 1.54) is 6.07 Å². The van der Waals surface area contributed by atoms with Gasteiger partial charge in [0.15, 0.2) is 22.9 Å². The number of halogens is 2. The number of furan rings is 1. The zero-order valence-corrected chi connectivity index (χ0v) is 17.4. The summed E-state index contributed by atoms with van der Waals surface area (Å²) in [5, 5.41) is 1.11. The van der Waals surface area contributed by atoms with Crippen LogP contribution >= 0.6 is 11.3 Å². The maximum absolute atomic E-state index is 13.9. The number of hydrogen-bond donors (Lipinski definition) is 0. The third-order valence-corrected chi connectivity index (χ3v) is 6.22. The highest BCUT2D eigenvalue weighted by atomic mass is 32.1. The lowest BCUT2D eigenvalue weighted by atomic mass is 10.1. The average Bonchev–Trinajstić information content (AvgIpc) is 3.37. The van der Waals surface area contributed by atoms with Crippen LogP contribution in [0.3, 0.4) is 0 Å². The van der Waals surface area contributed by atoms with Gasteiger partial charge in [-0.05, 0) is 18.2 Å². The number of methoxy groups -OCH3 is 1. The largest absolute Gasteiger partial charge is 0.493 e. The van der Waals surface area contributed by atoms with E-state index in [9.17, 15) is 13.6 Å². The molecule has 1 aliphatic rings. The second-order valence-corrected chi connectivity index (χ2v) is 8.31. The number of piperidine rings is 1. The number of amides is 1. The highest BCUT2D eigenvalue weighted by Crippen LogP contribution is 2.33. The first-order chi connectivity index (χ1) is 15.0. The number of rotatable bonds is 4.